The maximum absolute atomic E-state index is 14.3. The Hall–Kier alpha value is -2.59. The van der Waals surface area contributed by atoms with E-state index in [1.54, 1.807) is 6.07 Å². The number of hydrogen-bond donors (Lipinski definition) is 1. The summed E-state index contributed by atoms with van der Waals surface area (Å²) in [5.74, 6) is -3.35. The van der Waals surface area contributed by atoms with Gasteiger partial charge in [-0.15, -0.1) is 0 Å². The summed E-state index contributed by atoms with van der Waals surface area (Å²) in [6.45, 7) is 2.92. The highest BCUT2D eigenvalue weighted by molar-refractivity contribution is 5.99. The number of primary amides is 1. The lowest BCUT2D eigenvalue weighted by atomic mass is 9.74. The van der Waals surface area contributed by atoms with Crippen LogP contribution in [0.2, 0.25) is 0 Å². The number of ketones is 1. The Morgan fingerprint density at radius 2 is 1.78 bits per heavy atom. The molecule has 4 aliphatic rings. The lowest BCUT2D eigenvalue weighted by Crippen LogP contribution is -2.46. The first-order chi connectivity index (χ1) is 17.8. The van der Waals surface area contributed by atoms with E-state index >= 15 is 0 Å². The standard InChI is InChI=1S/C27H36F2N4O4/c1-31-9-11-32(12-10-31)17-7-8-18(26(30)35)19(13-17)22(16-5-3-2-4-6-16)27(36)33-14-20(25(28)29)24-23(33)21(34)15-37-24/h7-8,13,16,20,22-25H,2-6,9-12,14-15H2,1H3,(H2,30,35)/t20-,22-,23+,24+/m0/s1. The molecule has 1 aromatic rings. The molecule has 1 saturated carbocycles. The summed E-state index contributed by atoms with van der Waals surface area (Å²) in [6, 6.07) is 4.45. The molecule has 4 fully saturated rings. The number of piperazine rings is 1. The van der Waals surface area contributed by atoms with Crippen molar-refractivity contribution in [2.45, 2.75) is 56.6 Å². The predicted octanol–water partition coefficient (Wildman–Crippen LogP) is 2.26. The molecule has 0 spiro atoms. The van der Waals surface area contributed by atoms with Crippen LogP contribution in [0.3, 0.4) is 0 Å². The molecule has 3 aliphatic heterocycles. The summed E-state index contributed by atoms with van der Waals surface area (Å²) in [4.78, 5) is 45.4. The van der Waals surface area contributed by atoms with Crippen molar-refractivity contribution in [1.29, 1.82) is 0 Å². The number of nitrogens with two attached hydrogens (primary N) is 1. The van der Waals surface area contributed by atoms with Gasteiger partial charge in [-0.2, -0.15) is 0 Å². The minimum Gasteiger partial charge on any atom is -0.369 e. The van der Waals surface area contributed by atoms with E-state index in [0.717, 1.165) is 64.0 Å². The van der Waals surface area contributed by atoms with Crippen LogP contribution in [-0.2, 0) is 14.3 Å². The molecule has 37 heavy (non-hydrogen) atoms. The first-order valence-corrected chi connectivity index (χ1v) is 13.4. The van der Waals surface area contributed by atoms with E-state index in [1.807, 2.05) is 12.1 Å². The Morgan fingerprint density at radius 3 is 2.43 bits per heavy atom. The lowest BCUT2D eigenvalue weighted by Gasteiger charge is -2.37. The van der Waals surface area contributed by atoms with Gasteiger partial charge in [0.05, 0.1) is 17.9 Å². The molecule has 0 bridgehead atoms. The molecular weight excluding hydrogens is 482 g/mol. The van der Waals surface area contributed by atoms with Crippen LogP contribution in [0.1, 0.15) is 53.9 Å². The zero-order valence-electron chi connectivity index (χ0n) is 21.3. The summed E-state index contributed by atoms with van der Waals surface area (Å²) in [5.41, 5.74) is 7.52. The predicted molar refractivity (Wildman–Crippen MR) is 134 cm³/mol. The molecular formula is C27H36F2N4O4. The van der Waals surface area contributed by atoms with Crippen LogP contribution in [0, 0.1) is 11.8 Å². The van der Waals surface area contributed by atoms with Gasteiger partial charge < -0.3 is 25.2 Å². The average Bonchev–Trinajstić information content (AvgIpc) is 3.46. The van der Waals surface area contributed by atoms with Crippen molar-refractivity contribution in [3.63, 3.8) is 0 Å². The van der Waals surface area contributed by atoms with E-state index in [0.29, 0.717) is 5.56 Å². The Kier molecular flexibility index (Phi) is 7.49. The number of anilines is 1. The van der Waals surface area contributed by atoms with Gasteiger partial charge in [-0.1, -0.05) is 19.3 Å². The smallest absolute Gasteiger partial charge is 0.249 e. The van der Waals surface area contributed by atoms with Gasteiger partial charge in [-0.05, 0) is 49.6 Å². The Bertz CT molecular complexity index is 1040. The summed E-state index contributed by atoms with van der Waals surface area (Å²) in [7, 11) is 2.07. The molecule has 2 N–H and O–H groups in total. The highest BCUT2D eigenvalue weighted by Gasteiger charge is 2.56. The molecule has 4 atom stereocenters. The maximum atomic E-state index is 14.3. The Morgan fingerprint density at radius 1 is 1.08 bits per heavy atom. The number of rotatable bonds is 6. The molecule has 3 heterocycles. The second-order valence-corrected chi connectivity index (χ2v) is 11.0. The van der Waals surface area contributed by atoms with E-state index < -0.39 is 36.3 Å². The molecule has 5 rings (SSSR count). The monoisotopic (exact) mass is 518 g/mol. The number of likely N-dealkylation sites (N-methyl/N-ethyl adjacent to an activating group) is 1. The zero-order chi connectivity index (χ0) is 26.3. The van der Waals surface area contributed by atoms with Gasteiger partial charge in [0.2, 0.25) is 18.2 Å². The number of benzene rings is 1. The average molecular weight is 519 g/mol. The SMILES string of the molecule is CN1CCN(c2ccc(C(N)=O)c([C@@H](C(=O)N3C[C@H](C(F)F)[C@H]4OCC(=O)[C@H]43)C3CCCCC3)c2)CC1. The molecule has 10 heteroatoms. The fourth-order valence-electron chi connectivity index (χ4n) is 6.67. The van der Waals surface area contributed by atoms with Crippen molar-refractivity contribution in [2.24, 2.45) is 17.6 Å². The van der Waals surface area contributed by atoms with Gasteiger partial charge >= 0.3 is 0 Å². The second-order valence-electron chi connectivity index (χ2n) is 11.0. The number of Topliss-reactive ketones (excluding diaryl/α,β-unsaturated/α-hetero) is 1. The third kappa shape index (κ3) is 4.97. The number of likely N-dealkylation sites (tertiary alicyclic amines) is 1. The third-order valence-corrected chi connectivity index (χ3v) is 8.72. The maximum Gasteiger partial charge on any atom is 0.249 e. The van der Waals surface area contributed by atoms with E-state index in [4.69, 9.17) is 10.5 Å². The van der Waals surface area contributed by atoms with Crippen LogP contribution < -0.4 is 10.6 Å². The van der Waals surface area contributed by atoms with Crippen molar-refractivity contribution >= 4 is 23.3 Å². The van der Waals surface area contributed by atoms with E-state index in [2.05, 4.69) is 16.8 Å². The largest absolute Gasteiger partial charge is 0.369 e. The summed E-state index contributed by atoms with van der Waals surface area (Å²) < 4.78 is 33.2. The number of carbonyl (C=O) groups excluding carboxylic acids is 3. The van der Waals surface area contributed by atoms with E-state index in [-0.39, 0.29) is 36.3 Å². The van der Waals surface area contributed by atoms with Crippen molar-refractivity contribution in [1.82, 2.24) is 9.80 Å². The first kappa shape index (κ1) is 26.0. The van der Waals surface area contributed by atoms with Crippen LogP contribution in [-0.4, -0.2) is 92.3 Å². The third-order valence-electron chi connectivity index (χ3n) is 8.72. The molecule has 2 amide bonds. The Balaban J connectivity index is 1.55. The van der Waals surface area contributed by atoms with Crippen molar-refractivity contribution in [3.05, 3.63) is 29.3 Å². The van der Waals surface area contributed by atoms with E-state index in [9.17, 15) is 23.2 Å². The van der Waals surface area contributed by atoms with Crippen LogP contribution >= 0.6 is 0 Å². The minimum atomic E-state index is -2.70. The summed E-state index contributed by atoms with van der Waals surface area (Å²) >= 11 is 0. The number of hydrogen-bond acceptors (Lipinski definition) is 6. The normalized spacial score (nSPS) is 28.1. The van der Waals surface area contributed by atoms with Gasteiger partial charge in [-0.3, -0.25) is 14.4 Å². The van der Waals surface area contributed by atoms with Crippen LogP contribution in [0.5, 0.6) is 0 Å². The first-order valence-electron chi connectivity index (χ1n) is 13.4. The number of ether oxygens (including phenoxy) is 1. The number of fused-ring (bicyclic) bond motifs is 1. The van der Waals surface area contributed by atoms with Gasteiger partial charge in [0.15, 0.2) is 5.78 Å². The molecule has 0 aromatic heterocycles. The molecule has 1 aromatic carbocycles. The summed E-state index contributed by atoms with van der Waals surface area (Å²) in [5, 5.41) is 0. The molecule has 0 radical (unpaired) electrons. The van der Waals surface area contributed by atoms with Crippen molar-refractivity contribution in [2.75, 3.05) is 51.3 Å². The number of halogens is 2. The number of amides is 2. The minimum absolute atomic E-state index is 0.0661. The summed E-state index contributed by atoms with van der Waals surface area (Å²) in [6.07, 6.45) is 0.853. The van der Waals surface area contributed by atoms with Crippen LogP contribution in [0.25, 0.3) is 0 Å². The zero-order valence-corrected chi connectivity index (χ0v) is 21.3. The highest BCUT2D eigenvalue weighted by Crippen LogP contribution is 2.43. The molecule has 1 aliphatic carbocycles. The van der Waals surface area contributed by atoms with Gasteiger partial charge in [0.1, 0.15) is 12.6 Å². The lowest BCUT2D eigenvalue weighted by molar-refractivity contribution is -0.139. The van der Waals surface area contributed by atoms with Gasteiger partial charge in [-0.25, -0.2) is 8.78 Å². The van der Waals surface area contributed by atoms with Gasteiger partial charge in [0.25, 0.3) is 0 Å². The van der Waals surface area contributed by atoms with E-state index in [1.165, 1.54) is 4.90 Å². The fourth-order valence-corrected chi connectivity index (χ4v) is 6.67. The van der Waals surface area contributed by atoms with Crippen LogP contribution in [0.15, 0.2) is 18.2 Å². The molecule has 8 nitrogen and oxygen atoms in total. The number of nitrogens with zero attached hydrogens (tertiary/aromatic N) is 3. The Labute approximate surface area is 216 Å². The number of carbonyl (C=O) groups is 3. The number of alkyl halides is 2. The highest BCUT2D eigenvalue weighted by atomic mass is 19.3. The molecule has 3 saturated heterocycles. The quantitative estimate of drug-likeness (QED) is 0.621. The second kappa shape index (κ2) is 10.6. The molecule has 202 valence electrons. The van der Waals surface area contributed by atoms with Gasteiger partial charge in [0, 0.05) is 44.0 Å². The molecule has 0 unspecified atom stereocenters. The van der Waals surface area contributed by atoms with Crippen LogP contribution in [0.4, 0.5) is 14.5 Å². The van der Waals surface area contributed by atoms with Crippen molar-refractivity contribution in [3.8, 4) is 0 Å². The fraction of sp³-hybridized carbons (Fsp3) is 0.667. The van der Waals surface area contributed by atoms with Crippen molar-refractivity contribution < 1.29 is 27.9 Å². The topological polar surface area (TPSA) is 96.2 Å².